The van der Waals surface area contributed by atoms with Crippen molar-refractivity contribution in [2.45, 2.75) is 45.1 Å². The molecule has 0 radical (unpaired) electrons. The van der Waals surface area contributed by atoms with Crippen molar-refractivity contribution in [3.63, 3.8) is 0 Å². The average molecular weight is 261 g/mol. The summed E-state index contributed by atoms with van der Waals surface area (Å²) in [4.78, 5) is 14.4. The molecule has 2 rings (SSSR count). The molecule has 0 aliphatic carbocycles. The van der Waals surface area contributed by atoms with Gasteiger partial charge in [0, 0.05) is 12.6 Å². The molecule has 0 aromatic heterocycles. The normalized spacial score (nSPS) is 26.0. The van der Waals surface area contributed by atoms with E-state index >= 15 is 0 Å². The number of amides is 1. The fourth-order valence-electron chi connectivity index (χ4n) is 3.32. The molecule has 104 valence electrons. The average Bonchev–Trinajstić information content (AvgIpc) is 2.49. The zero-order valence-corrected chi connectivity index (χ0v) is 11.7. The largest absolute Gasteiger partial charge is 0.335 e. The lowest BCUT2D eigenvalue weighted by Gasteiger charge is -2.42. The molecule has 2 aliphatic rings. The Bertz CT molecular complexity index is 391. The molecule has 19 heavy (non-hydrogen) atoms. The standard InChI is InChI=1S/C15H23N3O/c1-2-12(11-16)15(19)18-10-4-3-5-14(18)13-6-8-17-9-7-13/h2,13-14,17H,3-10H2,1H3/b12-2+. The second-order valence-corrected chi connectivity index (χ2v) is 5.46. The molecule has 1 amide bonds. The van der Waals surface area contributed by atoms with Crippen LogP contribution in [0, 0.1) is 17.2 Å². The summed E-state index contributed by atoms with van der Waals surface area (Å²) >= 11 is 0. The van der Waals surface area contributed by atoms with Gasteiger partial charge in [-0.3, -0.25) is 4.79 Å². The second-order valence-electron chi connectivity index (χ2n) is 5.46. The first-order valence-electron chi connectivity index (χ1n) is 7.36. The van der Waals surface area contributed by atoms with Gasteiger partial charge in [0.05, 0.1) is 0 Å². The maximum absolute atomic E-state index is 12.4. The van der Waals surface area contributed by atoms with Crippen LogP contribution in [0.3, 0.4) is 0 Å². The molecule has 2 fully saturated rings. The van der Waals surface area contributed by atoms with E-state index in [1.165, 1.54) is 6.42 Å². The number of piperidine rings is 2. The third-order valence-electron chi connectivity index (χ3n) is 4.38. The van der Waals surface area contributed by atoms with Crippen molar-refractivity contribution in [1.82, 2.24) is 10.2 Å². The van der Waals surface area contributed by atoms with Crippen molar-refractivity contribution in [2.24, 2.45) is 5.92 Å². The van der Waals surface area contributed by atoms with Gasteiger partial charge in [0.1, 0.15) is 11.6 Å². The zero-order valence-electron chi connectivity index (χ0n) is 11.7. The molecule has 0 aromatic rings. The molecule has 1 N–H and O–H groups in total. The van der Waals surface area contributed by atoms with Crippen molar-refractivity contribution < 1.29 is 4.79 Å². The summed E-state index contributed by atoms with van der Waals surface area (Å²) in [5.74, 6) is 0.538. The molecule has 0 saturated carbocycles. The third-order valence-corrected chi connectivity index (χ3v) is 4.38. The van der Waals surface area contributed by atoms with Crippen LogP contribution in [0.5, 0.6) is 0 Å². The Balaban J connectivity index is 2.11. The van der Waals surface area contributed by atoms with Crippen molar-refractivity contribution in [2.75, 3.05) is 19.6 Å². The van der Waals surface area contributed by atoms with Gasteiger partial charge in [0.25, 0.3) is 5.91 Å². The first-order valence-corrected chi connectivity index (χ1v) is 7.36. The minimum Gasteiger partial charge on any atom is -0.335 e. The number of nitriles is 1. The number of nitrogens with zero attached hydrogens (tertiary/aromatic N) is 2. The SMILES string of the molecule is C/C=C(\C#N)C(=O)N1CCCCC1C1CCNCC1. The minimum absolute atomic E-state index is 0.0618. The van der Waals surface area contributed by atoms with E-state index in [2.05, 4.69) is 5.32 Å². The van der Waals surface area contributed by atoms with Gasteiger partial charge < -0.3 is 10.2 Å². The fourth-order valence-corrected chi connectivity index (χ4v) is 3.32. The molecule has 4 nitrogen and oxygen atoms in total. The van der Waals surface area contributed by atoms with Gasteiger partial charge in [-0.05, 0) is 58.0 Å². The van der Waals surface area contributed by atoms with Crippen LogP contribution in [-0.4, -0.2) is 36.5 Å². The topological polar surface area (TPSA) is 56.1 Å². The van der Waals surface area contributed by atoms with E-state index in [0.717, 1.165) is 45.3 Å². The van der Waals surface area contributed by atoms with Crippen LogP contribution in [0.4, 0.5) is 0 Å². The number of carbonyl (C=O) groups is 1. The number of nitrogens with one attached hydrogen (secondary N) is 1. The summed E-state index contributed by atoms with van der Waals surface area (Å²) in [6.45, 7) is 4.68. The molecular weight excluding hydrogens is 238 g/mol. The van der Waals surface area contributed by atoms with Gasteiger partial charge in [0.15, 0.2) is 0 Å². The van der Waals surface area contributed by atoms with Crippen LogP contribution in [0.25, 0.3) is 0 Å². The molecule has 1 atom stereocenters. The molecule has 2 saturated heterocycles. The van der Waals surface area contributed by atoms with Crippen molar-refractivity contribution in [3.05, 3.63) is 11.6 Å². The summed E-state index contributed by atoms with van der Waals surface area (Å²) in [6, 6.07) is 2.37. The number of likely N-dealkylation sites (tertiary alicyclic amines) is 1. The molecule has 0 spiro atoms. The van der Waals surface area contributed by atoms with Crippen LogP contribution in [-0.2, 0) is 4.79 Å². The Morgan fingerprint density at radius 3 is 2.68 bits per heavy atom. The Labute approximate surface area is 115 Å². The van der Waals surface area contributed by atoms with Gasteiger partial charge in [-0.25, -0.2) is 0 Å². The number of hydrogen-bond donors (Lipinski definition) is 1. The first kappa shape index (κ1) is 14.1. The second kappa shape index (κ2) is 6.72. The highest BCUT2D eigenvalue weighted by atomic mass is 16.2. The van der Waals surface area contributed by atoms with Crippen molar-refractivity contribution in [1.29, 1.82) is 5.26 Å². The van der Waals surface area contributed by atoms with Gasteiger partial charge in [0.2, 0.25) is 0 Å². The first-order chi connectivity index (χ1) is 9.27. The van der Waals surface area contributed by atoms with E-state index in [9.17, 15) is 4.79 Å². The summed E-state index contributed by atoms with van der Waals surface area (Å²) in [5, 5.41) is 12.4. The van der Waals surface area contributed by atoms with Crippen molar-refractivity contribution in [3.8, 4) is 6.07 Å². The van der Waals surface area contributed by atoms with Crippen LogP contribution in [0.2, 0.25) is 0 Å². The number of carbonyl (C=O) groups excluding carboxylic acids is 1. The monoisotopic (exact) mass is 261 g/mol. The predicted octanol–water partition coefficient (Wildman–Crippen LogP) is 1.84. The van der Waals surface area contributed by atoms with Crippen molar-refractivity contribution >= 4 is 5.91 Å². The molecule has 2 aliphatic heterocycles. The number of allylic oxidation sites excluding steroid dienone is 1. The summed E-state index contributed by atoms with van der Waals surface area (Å²) in [7, 11) is 0. The van der Waals surface area contributed by atoms with Gasteiger partial charge in [-0.1, -0.05) is 6.08 Å². The lowest BCUT2D eigenvalue weighted by Crippen LogP contribution is -2.50. The Kier molecular flexibility index (Phi) is 4.98. The predicted molar refractivity (Wildman–Crippen MR) is 74.3 cm³/mol. The Hall–Kier alpha value is -1.34. The quantitative estimate of drug-likeness (QED) is 0.609. The Morgan fingerprint density at radius 1 is 1.32 bits per heavy atom. The van der Waals surface area contributed by atoms with Gasteiger partial charge >= 0.3 is 0 Å². The van der Waals surface area contributed by atoms with Gasteiger partial charge in [-0.15, -0.1) is 0 Å². The molecule has 4 heteroatoms. The maximum atomic E-state index is 12.4. The van der Waals surface area contributed by atoms with Crippen LogP contribution in [0.15, 0.2) is 11.6 Å². The molecular formula is C15H23N3O. The fraction of sp³-hybridized carbons (Fsp3) is 0.733. The van der Waals surface area contributed by atoms with E-state index in [0.29, 0.717) is 17.5 Å². The maximum Gasteiger partial charge on any atom is 0.264 e. The van der Waals surface area contributed by atoms with Crippen LogP contribution in [0.1, 0.15) is 39.0 Å². The number of hydrogen-bond acceptors (Lipinski definition) is 3. The van der Waals surface area contributed by atoms with Gasteiger partial charge in [-0.2, -0.15) is 5.26 Å². The summed E-state index contributed by atoms with van der Waals surface area (Å²) < 4.78 is 0. The lowest BCUT2D eigenvalue weighted by atomic mass is 9.84. The number of rotatable bonds is 2. The molecule has 2 heterocycles. The Morgan fingerprint density at radius 2 is 2.05 bits per heavy atom. The minimum atomic E-state index is -0.0618. The summed E-state index contributed by atoms with van der Waals surface area (Å²) in [6.07, 6.45) is 7.29. The van der Waals surface area contributed by atoms with E-state index in [-0.39, 0.29) is 5.91 Å². The van der Waals surface area contributed by atoms with E-state index in [1.54, 1.807) is 13.0 Å². The molecule has 0 aromatic carbocycles. The van der Waals surface area contributed by atoms with E-state index < -0.39 is 0 Å². The highest BCUT2D eigenvalue weighted by molar-refractivity contribution is 5.97. The lowest BCUT2D eigenvalue weighted by molar-refractivity contribution is -0.131. The highest BCUT2D eigenvalue weighted by Crippen LogP contribution is 2.29. The third kappa shape index (κ3) is 3.16. The van der Waals surface area contributed by atoms with E-state index in [1.807, 2.05) is 11.0 Å². The van der Waals surface area contributed by atoms with Crippen LogP contribution >= 0.6 is 0 Å². The molecule has 0 bridgehead atoms. The highest BCUT2D eigenvalue weighted by Gasteiger charge is 2.34. The molecule has 1 unspecified atom stereocenters. The summed E-state index contributed by atoms with van der Waals surface area (Å²) in [5.41, 5.74) is 0.292. The zero-order chi connectivity index (χ0) is 13.7. The van der Waals surface area contributed by atoms with Crippen LogP contribution < -0.4 is 5.32 Å². The van der Waals surface area contributed by atoms with E-state index in [4.69, 9.17) is 5.26 Å². The smallest absolute Gasteiger partial charge is 0.264 e.